The summed E-state index contributed by atoms with van der Waals surface area (Å²) in [5, 5.41) is 12.0. The molecule has 0 saturated carbocycles. The topological polar surface area (TPSA) is 84.9 Å². The third kappa shape index (κ3) is 10.5. The van der Waals surface area contributed by atoms with E-state index in [0.29, 0.717) is 13.0 Å². The summed E-state index contributed by atoms with van der Waals surface area (Å²) < 4.78 is 11.1. The first kappa shape index (κ1) is 24.5. The number of carbonyl (C=O) groups excluding carboxylic acids is 1. The largest absolute Gasteiger partial charge is 0.539 e. The number of carbonyl (C=O) groups is 2. The van der Waals surface area contributed by atoms with Gasteiger partial charge in [0.15, 0.2) is 5.76 Å². The van der Waals surface area contributed by atoms with Crippen LogP contribution in [0.4, 0.5) is 4.79 Å². The molecule has 0 radical (unpaired) electrons. The van der Waals surface area contributed by atoms with Crippen LogP contribution in [0.1, 0.15) is 67.2 Å². The SMILES string of the molecule is CC(C)(C)OC(=O)NCCCCC/C=C(\O[Si](C)(C)C(C)(C)C)C(=O)O. The summed E-state index contributed by atoms with van der Waals surface area (Å²) in [6.07, 6.45) is 4.45. The molecule has 0 bridgehead atoms. The summed E-state index contributed by atoms with van der Waals surface area (Å²) in [6, 6.07) is 0. The standard InChI is InChI=1S/C19H37NO5Si/c1-18(2,3)24-17(23)20-14-12-10-9-11-13-15(16(21)22)25-26(7,8)19(4,5)6/h13H,9-12,14H2,1-8H3,(H,20,23)(H,21,22)/b15-13-. The highest BCUT2D eigenvalue weighted by Crippen LogP contribution is 2.38. The van der Waals surface area contributed by atoms with Crippen LogP contribution in [0.2, 0.25) is 18.1 Å². The Morgan fingerprint density at radius 1 is 1.04 bits per heavy atom. The van der Waals surface area contributed by atoms with Crippen molar-refractivity contribution < 1.29 is 23.9 Å². The lowest BCUT2D eigenvalue weighted by molar-refractivity contribution is -0.135. The summed E-state index contributed by atoms with van der Waals surface area (Å²) >= 11 is 0. The zero-order valence-electron chi connectivity index (χ0n) is 17.7. The quantitative estimate of drug-likeness (QED) is 0.250. The Bertz CT molecular complexity index is 501. The molecule has 152 valence electrons. The molecule has 0 aliphatic rings. The predicted molar refractivity (Wildman–Crippen MR) is 107 cm³/mol. The summed E-state index contributed by atoms with van der Waals surface area (Å²) in [5.41, 5.74) is -0.494. The number of hydrogen-bond donors (Lipinski definition) is 2. The van der Waals surface area contributed by atoms with E-state index in [1.807, 2.05) is 33.9 Å². The molecule has 0 rings (SSSR count). The molecule has 2 N–H and O–H groups in total. The molecule has 0 aromatic rings. The summed E-state index contributed by atoms with van der Waals surface area (Å²) in [6.45, 7) is 16.3. The van der Waals surface area contributed by atoms with Crippen molar-refractivity contribution in [2.75, 3.05) is 6.54 Å². The molecule has 0 spiro atoms. The molecule has 0 saturated heterocycles. The van der Waals surface area contributed by atoms with Gasteiger partial charge in [0.1, 0.15) is 5.60 Å². The Kier molecular flexibility index (Phi) is 9.42. The van der Waals surface area contributed by atoms with E-state index < -0.39 is 26.0 Å². The molecule has 0 aromatic heterocycles. The molecule has 0 unspecified atom stereocenters. The third-order valence-corrected chi connectivity index (χ3v) is 8.60. The average molecular weight is 388 g/mol. The lowest BCUT2D eigenvalue weighted by Crippen LogP contribution is -2.41. The maximum absolute atomic E-state index is 11.5. The lowest BCUT2D eigenvalue weighted by Gasteiger charge is -2.36. The molecule has 0 aliphatic carbocycles. The van der Waals surface area contributed by atoms with Gasteiger partial charge < -0.3 is 19.6 Å². The van der Waals surface area contributed by atoms with E-state index in [0.717, 1.165) is 19.3 Å². The Balaban J connectivity index is 4.24. The maximum atomic E-state index is 11.5. The van der Waals surface area contributed by atoms with Gasteiger partial charge in [-0.05, 0) is 64.2 Å². The fourth-order valence-electron chi connectivity index (χ4n) is 1.78. The number of alkyl carbamates (subject to hydrolysis) is 1. The van der Waals surface area contributed by atoms with Crippen molar-refractivity contribution in [3.63, 3.8) is 0 Å². The number of rotatable bonds is 9. The van der Waals surface area contributed by atoms with Gasteiger partial charge in [0.25, 0.3) is 8.32 Å². The third-order valence-electron chi connectivity index (χ3n) is 4.26. The molecular weight excluding hydrogens is 350 g/mol. The fourth-order valence-corrected chi connectivity index (χ4v) is 2.81. The van der Waals surface area contributed by atoms with Gasteiger partial charge in [-0.2, -0.15) is 0 Å². The average Bonchev–Trinajstić information content (AvgIpc) is 2.41. The highest BCUT2D eigenvalue weighted by Gasteiger charge is 2.40. The van der Waals surface area contributed by atoms with Gasteiger partial charge in [0.2, 0.25) is 0 Å². The number of hydrogen-bond acceptors (Lipinski definition) is 4. The predicted octanol–water partition coefficient (Wildman–Crippen LogP) is 5.06. The first-order valence-corrected chi connectivity index (χ1v) is 12.2. The van der Waals surface area contributed by atoms with Crippen molar-refractivity contribution in [1.82, 2.24) is 5.32 Å². The molecular formula is C19H37NO5Si. The van der Waals surface area contributed by atoms with Crippen LogP contribution < -0.4 is 5.32 Å². The van der Waals surface area contributed by atoms with Crippen molar-refractivity contribution in [2.45, 2.75) is 91.0 Å². The summed E-state index contributed by atoms with van der Waals surface area (Å²) in [7, 11) is -2.15. The first-order chi connectivity index (χ1) is 11.7. The van der Waals surface area contributed by atoms with Crippen LogP contribution in [0.25, 0.3) is 0 Å². The number of aliphatic carboxylic acids is 1. The van der Waals surface area contributed by atoms with Crippen molar-refractivity contribution in [1.29, 1.82) is 0 Å². The van der Waals surface area contributed by atoms with Crippen LogP contribution in [0.15, 0.2) is 11.8 Å². The monoisotopic (exact) mass is 387 g/mol. The number of unbranched alkanes of at least 4 members (excludes halogenated alkanes) is 3. The molecule has 1 amide bonds. The number of carboxylic acid groups (broad SMARTS) is 1. The Morgan fingerprint density at radius 3 is 2.08 bits per heavy atom. The van der Waals surface area contributed by atoms with Crippen LogP contribution in [-0.2, 0) is 14.0 Å². The minimum absolute atomic E-state index is 0.0468. The number of amides is 1. The van der Waals surface area contributed by atoms with Gasteiger partial charge in [-0.1, -0.05) is 27.2 Å². The van der Waals surface area contributed by atoms with E-state index in [4.69, 9.17) is 9.16 Å². The summed E-state index contributed by atoms with van der Waals surface area (Å²) in [5.74, 6) is -0.954. The normalized spacial score (nSPS) is 13.3. The van der Waals surface area contributed by atoms with Crippen molar-refractivity contribution in [2.24, 2.45) is 0 Å². The van der Waals surface area contributed by atoms with Gasteiger partial charge in [0.05, 0.1) is 0 Å². The van der Waals surface area contributed by atoms with E-state index in [9.17, 15) is 14.7 Å². The molecule has 0 atom stereocenters. The van der Waals surface area contributed by atoms with Crippen molar-refractivity contribution in [3.05, 3.63) is 11.8 Å². The fraction of sp³-hybridized carbons (Fsp3) is 0.789. The van der Waals surface area contributed by atoms with E-state index in [2.05, 4.69) is 26.1 Å². The lowest BCUT2D eigenvalue weighted by atomic mass is 10.2. The highest BCUT2D eigenvalue weighted by molar-refractivity contribution is 6.74. The van der Waals surface area contributed by atoms with Crippen LogP contribution in [0.5, 0.6) is 0 Å². The number of ether oxygens (including phenoxy) is 1. The van der Waals surface area contributed by atoms with Crippen molar-refractivity contribution >= 4 is 20.4 Å². The van der Waals surface area contributed by atoms with E-state index in [1.165, 1.54) is 0 Å². The van der Waals surface area contributed by atoms with Crippen LogP contribution in [-0.4, -0.2) is 37.6 Å². The van der Waals surface area contributed by atoms with Gasteiger partial charge >= 0.3 is 12.1 Å². The second-order valence-corrected chi connectivity index (χ2v) is 13.7. The Hall–Kier alpha value is -1.50. The summed E-state index contributed by atoms with van der Waals surface area (Å²) in [4.78, 5) is 22.9. The zero-order valence-corrected chi connectivity index (χ0v) is 18.7. The molecule has 0 aromatic carbocycles. The van der Waals surface area contributed by atoms with E-state index >= 15 is 0 Å². The minimum atomic E-state index is -2.15. The van der Waals surface area contributed by atoms with Gasteiger partial charge in [-0.25, -0.2) is 9.59 Å². The Labute approximate surface area is 159 Å². The second kappa shape index (κ2) is 9.99. The molecule has 26 heavy (non-hydrogen) atoms. The highest BCUT2D eigenvalue weighted by atomic mass is 28.4. The second-order valence-electron chi connectivity index (χ2n) is 9.01. The number of carboxylic acids is 1. The molecule has 0 fully saturated rings. The molecule has 0 heterocycles. The maximum Gasteiger partial charge on any atom is 0.407 e. The van der Waals surface area contributed by atoms with Crippen molar-refractivity contribution in [3.8, 4) is 0 Å². The molecule has 0 aliphatic heterocycles. The first-order valence-electron chi connectivity index (χ1n) is 9.25. The molecule has 7 heteroatoms. The van der Waals surface area contributed by atoms with Gasteiger partial charge in [-0.3, -0.25) is 0 Å². The number of allylic oxidation sites excluding steroid dienone is 1. The van der Waals surface area contributed by atoms with Crippen LogP contribution in [0, 0.1) is 0 Å². The van der Waals surface area contributed by atoms with Crippen LogP contribution >= 0.6 is 0 Å². The number of nitrogens with one attached hydrogen (secondary N) is 1. The molecule has 6 nitrogen and oxygen atoms in total. The van der Waals surface area contributed by atoms with E-state index in [-0.39, 0.29) is 10.8 Å². The smallest absolute Gasteiger partial charge is 0.407 e. The van der Waals surface area contributed by atoms with E-state index in [1.54, 1.807) is 6.08 Å². The van der Waals surface area contributed by atoms with Gasteiger partial charge in [-0.15, -0.1) is 0 Å². The zero-order chi connectivity index (χ0) is 20.6. The van der Waals surface area contributed by atoms with Crippen LogP contribution in [0.3, 0.4) is 0 Å². The Morgan fingerprint density at radius 2 is 1.62 bits per heavy atom. The minimum Gasteiger partial charge on any atom is -0.539 e. The van der Waals surface area contributed by atoms with Gasteiger partial charge in [0, 0.05) is 6.54 Å².